The van der Waals surface area contributed by atoms with Crippen LogP contribution >= 0.6 is 0 Å². The highest BCUT2D eigenvalue weighted by molar-refractivity contribution is 7.89. The van der Waals surface area contributed by atoms with Crippen LogP contribution in [0, 0.1) is 0 Å². The van der Waals surface area contributed by atoms with Crippen LogP contribution in [0.25, 0.3) is 0 Å². The van der Waals surface area contributed by atoms with Gasteiger partial charge in [-0.1, -0.05) is 122 Å². The molecule has 10 nitrogen and oxygen atoms in total. The van der Waals surface area contributed by atoms with E-state index >= 15 is 0 Å². The van der Waals surface area contributed by atoms with Gasteiger partial charge in [0.15, 0.2) is 0 Å². The summed E-state index contributed by atoms with van der Waals surface area (Å²) in [6.45, 7) is 2.20. The monoisotopic (exact) mass is 780 g/mol. The van der Waals surface area contributed by atoms with E-state index in [4.69, 9.17) is 9.57 Å². The topological polar surface area (TPSA) is 154 Å². The van der Waals surface area contributed by atoms with E-state index in [1.54, 1.807) is 24.3 Å². The van der Waals surface area contributed by atoms with Gasteiger partial charge in [0.25, 0.3) is 10.0 Å². The molecule has 0 saturated heterocycles. The van der Waals surface area contributed by atoms with E-state index in [1.165, 1.54) is 12.1 Å². The minimum atomic E-state index is -4.21. The summed E-state index contributed by atoms with van der Waals surface area (Å²) >= 11 is 0. The fourth-order valence-electron chi connectivity index (χ4n) is 6.74. The standard InChI is InChI=1S/C45H52N2O8S/c48-34-37-32-36(26-27-42(37)49)43(50)33-46-28-13-1-2-14-29-54-30-15-12-17-35-18-16-25-41(31-35)56(52,53)47-55-44(51)45(38-19-6-3-7-20-38,39-21-8-4-9-22-39)40-23-10-5-11-24-40/h3-11,16,18-27,31-32,43,46-50H,1-2,12-15,17,28-30,33-34H2/t43-/m1/s1. The van der Waals surface area contributed by atoms with Crippen molar-refractivity contribution in [2.45, 2.75) is 68.0 Å². The van der Waals surface area contributed by atoms with Crippen molar-refractivity contribution in [3.63, 3.8) is 0 Å². The number of phenols is 1. The molecule has 0 unspecified atom stereocenters. The molecule has 5 aromatic carbocycles. The number of unbranched alkanes of at least 4 members (excludes halogenated alkanes) is 4. The Balaban J connectivity index is 1.03. The zero-order valence-electron chi connectivity index (χ0n) is 31.6. The Morgan fingerprint density at radius 2 is 1.29 bits per heavy atom. The van der Waals surface area contributed by atoms with Crippen LogP contribution in [0.1, 0.15) is 78.0 Å². The number of nitrogens with one attached hydrogen (secondary N) is 2. The normalized spacial score (nSPS) is 12.3. The maximum atomic E-state index is 14.3. The quantitative estimate of drug-likeness (QED) is 0.0271. The smallest absolute Gasteiger partial charge is 0.345 e. The molecular formula is C45H52N2O8S. The molecule has 0 saturated carbocycles. The predicted molar refractivity (Wildman–Crippen MR) is 216 cm³/mol. The zero-order valence-corrected chi connectivity index (χ0v) is 32.4. The molecular weight excluding hydrogens is 729 g/mol. The highest BCUT2D eigenvalue weighted by Gasteiger charge is 2.46. The van der Waals surface area contributed by atoms with Crippen LogP contribution in [-0.2, 0) is 42.8 Å². The van der Waals surface area contributed by atoms with Crippen molar-refractivity contribution in [3.05, 3.63) is 167 Å². The molecule has 5 aromatic rings. The Kier molecular flexibility index (Phi) is 16.2. The Labute approximate surface area is 330 Å². The first-order valence-electron chi connectivity index (χ1n) is 19.1. The second-order valence-corrected chi connectivity index (χ2v) is 15.4. The Hall–Kier alpha value is -4.88. The lowest BCUT2D eigenvalue weighted by molar-refractivity contribution is -0.151. The van der Waals surface area contributed by atoms with Crippen LogP contribution in [0.4, 0.5) is 0 Å². The lowest BCUT2D eigenvalue weighted by Gasteiger charge is -2.33. The number of sulfonamides is 1. The van der Waals surface area contributed by atoms with E-state index in [0.717, 1.165) is 50.6 Å². The number of benzene rings is 5. The third-order valence-electron chi connectivity index (χ3n) is 9.77. The molecule has 0 amide bonds. The number of carbonyl (C=O) groups excluding carboxylic acids is 1. The maximum absolute atomic E-state index is 14.3. The van der Waals surface area contributed by atoms with Gasteiger partial charge in [0.1, 0.15) is 11.2 Å². The summed E-state index contributed by atoms with van der Waals surface area (Å²) in [4.78, 5) is 21.9. The molecule has 11 heteroatoms. The first-order valence-corrected chi connectivity index (χ1v) is 20.6. The molecule has 0 fully saturated rings. The number of hydrogen-bond donors (Lipinski definition) is 5. The van der Waals surface area contributed by atoms with Crippen molar-refractivity contribution in [2.24, 2.45) is 0 Å². The van der Waals surface area contributed by atoms with Crippen LogP contribution in [0.15, 0.2) is 138 Å². The highest BCUT2D eigenvalue weighted by atomic mass is 32.2. The van der Waals surface area contributed by atoms with Crippen molar-refractivity contribution in [3.8, 4) is 5.75 Å². The summed E-state index contributed by atoms with van der Waals surface area (Å²) in [5, 5.41) is 32.6. The third-order valence-corrected chi connectivity index (χ3v) is 10.9. The van der Waals surface area contributed by atoms with Crippen LogP contribution in [0.2, 0.25) is 0 Å². The summed E-state index contributed by atoms with van der Waals surface area (Å²) in [6.07, 6.45) is 5.63. The number of ether oxygens (including phenoxy) is 1. The average Bonchev–Trinajstić information content (AvgIpc) is 3.23. The van der Waals surface area contributed by atoms with E-state index in [2.05, 4.69) is 10.2 Å². The van der Waals surface area contributed by atoms with Gasteiger partial charge in [0.05, 0.1) is 17.6 Å². The summed E-state index contributed by atoms with van der Waals surface area (Å²) in [7, 11) is -4.21. The summed E-state index contributed by atoms with van der Waals surface area (Å²) in [5.41, 5.74) is 2.37. The van der Waals surface area contributed by atoms with Gasteiger partial charge < -0.3 is 30.2 Å². The van der Waals surface area contributed by atoms with E-state index in [-0.39, 0.29) is 17.3 Å². The first-order chi connectivity index (χ1) is 27.3. The minimum Gasteiger partial charge on any atom is -0.508 e. The molecule has 0 aromatic heterocycles. The molecule has 0 aliphatic carbocycles. The molecule has 0 heterocycles. The van der Waals surface area contributed by atoms with Crippen LogP contribution < -0.4 is 10.2 Å². The van der Waals surface area contributed by atoms with Gasteiger partial charge in [-0.05, 0) is 95.6 Å². The van der Waals surface area contributed by atoms with Crippen LogP contribution in [0.3, 0.4) is 0 Å². The molecule has 0 bridgehead atoms. The van der Waals surface area contributed by atoms with Gasteiger partial charge in [0, 0.05) is 25.3 Å². The lowest BCUT2D eigenvalue weighted by atomic mass is 9.69. The Morgan fingerprint density at radius 3 is 1.89 bits per heavy atom. The van der Waals surface area contributed by atoms with Crippen LogP contribution in [-0.4, -0.2) is 56.0 Å². The van der Waals surface area contributed by atoms with Gasteiger partial charge in [-0.3, -0.25) is 0 Å². The summed E-state index contributed by atoms with van der Waals surface area (Å²) < 4.78 is 32.8. The zero-order chi connectivity index (χ0) is 39.6. The van der Waals surface area contributed by atoms with Crippen molar-refractivity contribution >= 4 is 16.0 Å². The Bertz CT molecular complexity index is 1950. The number of aryl methyl sites for hydroxylation is 1. The molecule has 0 aliphatic heterocycles. The van der Waals surface area contributed by atoms with Crippen molar-refractivity contribution in [1.29, 1.82) is 0 Å². The van der Waals surface area contributed by atoms with Gasteiger partial charge in [-0.25, -0.2) is 13.2 Å². The summed E-state index contributed by atoms with van der Waals surface area (Å²) in [6, 6.07) is 39.0. The fourth-order valence-corrected chi connectivity index (χ4v) is 7.59. The molecule has 5 N–H and O–H groups in total. The number of aliphatic hydroxyl groups is 2. The van der Waals surface area contributed by atoms with Crippen LogP contribution in [0.5, 0.6) is 5.75 Å². The number of aliphatic hydroxyl groups excluding tert-OH is 2. The van der Waals surface area contributed by atoms with E-state index < -0.39 is 27.5 Å². The van der Waals surface area contributed by atoms with Gasteiger partial charge in [-0.15, -0.1) is 0 Å². The highest BCUT2D eigenvalue weighted by Crippen LogP contribution is 2.40. The Morgan fingerprint density at radius 1 is 0.696 bits per heavy atom. The minimum absolute atomic E-state index is 0.00384. The van der Waals surface area contributed by atoms with Crippen molar-refractivity contribution in [2.75, 3.05) is 26.3 Å². The largest absolute Gasteiger partial charge is 0.508 e. The van der Waals surface area contributed by atoms with Gasteiger partial charge >= 0.3 is 5.97 Å². The molecule has 0 radical (unpaired) electrons. The van der Waals surface area contributed by atoms with E-state index in [0.29, 0.717) is 54.0 Å². The molecule has 5 rings (SSSR count). The van der Waals surface area contributed by atoms with Gasteiger partial charge in [-0.2, -0.15) is 0 Å². The molecule has 56 heavy (non-hydrogen) atoms. The van der Waals surface area contributed by atoms with Gasteiger partial charge in [0.2, 0.25) is 0 Å². The number of carbonyl (C=O) groups is 1. The number of hydrogen-bond acceptors (Lipinski definition) is 9. The first kappa shape index (κ1) is 42.3. The average molecular weight is 781 g/mol. The second-order valence-electron chi connectivity index (χ2n) is 13.7. The number of rotatable bonds is 23. The predicted octanol–water partition coefficient (Wildman–Crippen LogP) is 6.88. The summed E-state index contributed by atoms with van der Waals surface area (Å²) in [5.74, 6) is -0.764. The molecule has 0 spiro atoms. The number of aromatic hydroxyl groups is 1. The lowest BCUT2D eigenvalue weighted by Crippen LogP contribution is -2.43. The van der Waals surface area contributed by atoms with E-state index in [9.17, 15) is 28.5 Å². The molecule has 296 valence electrons. The van der Waals surface area contributed by atoms with Crippen molar-refractivity contribution in [1.82, 2.24) is 10.2 Å². The fraction of sp³-hybridized carbons (Fsp3) is 0.311. The molecule has 1 atom stereocenters. The van der Waals surface area contributed by atoms with E-state index in [1.807, 2.05) is 97.1 Å². The SMILES string of the molecule is O=C(ONS(=O)(=O)c1cccc(CCCCOCCCCCCNC[C@@H](O)c2ccc(O)c(CO)c2)c1)C(c1ccccc1)(c1ccccc1)c1ccccc1. The third kappa shape index (κ3) is 11.3. The second kappa shape index (κ2) is 21.4. The van der Waals surface area contributed by atoms with Crippen molar-refractivity contribution < 1.29 is 38.1 Å². The maximum Gasteiger partial charge on any atom is 0.345 e. The molecule has 0 aliphatic rings.